The maximum absolute atomic E-state index is 12.7. The van der Waals surface area contributed by atoms with Crippen molar-refractivity contribution in [2.75, 3.05) is 13.7 Å². The zero-order chi connectivity index (χ0) is 16.8. The lowest BCUT2D eigenvalue weighted by Gasteiger charge is -2.30. The predicted octanol–water partition coefficient (Wildman–Crippen LogP) is 3.22. The van der Waals surface area contributed by atoms with Gasteiger partial charge in [-0.15, -0.1) is 11.3 Å². The van der Waals surface area contributed by atoms with Crippen LogP contribution in [-0.4, -0.2) is 35.8 Å². The molecule has 1 saturated carbocycles. The van der Waals surface area contributed by atoms with Crippen molar-refractivity contribution in [3.8, 4) is 0 Å². The number of thiazole rings is 1. The van der Waals surface area contributed by atoms with E-state index in [0.29, 0.717) is 17.2 Å². The Morgan fingerprint density at radius 3 is 2.74 bits per heavy atom. The minimum Gasteiger partial charge on any atom is -0.396 e. The SMILES string of the molecule is COC(C)c1nc(C)c(C(=O)NC(CCO)C2CCCCC2)s1. The normalized spacial score (nSPS) is 18.6. The predicted molar refractivity (Wildman–Crippen MR) is 91.8 cm³/mol. The molecule has 1 aliphatic rings. The van der Waals surface area contributed by atoms with Crippen LogP contribution >= 0.6 is 11.3 Å². The van der Waals surface area contributed by atoms with E-state index in [-0.39, 0.29) is 24.7 Å². The number of hydrogen-bond donors (Lipinski definition) is 2. The van der Waals surface area contributed by atoms with E-state index < -0.39 is 0 Å². The highest BCUT2D eigenvalue weighted by atomic mass is 32.1. The zero-order valence-corrected chi connectivity index (χ0v) is 15.1. The minimum absolute atomic E-state index is 0.0533. The van der Waals surface area contributed by atoms with Crippen molar-refractivity contribution in [2.45, 2.75) is 64.5 Å². The van der Waals surface area contributed by atoms with E-state index in [1.807, 2.05) is 13.8 Å². The standard InChI is InChI=1S/C17H28N2O3S/c1-11-15(23-17(18-11)12(2)22-3)16(21)19-14(9-10-20)13-7-5-4-6-8-13/h12-14,20H,4-10H2,1-3H3,(H,19,21). The maximum Gasteiger partial charge on any atom is 0.263 e. The Morgan fingerprint density at radius 1 is 1.43 bits per heavy atom. The number of aliphatic hydroxyl groups is 1. The first-order valence-electron chi connectivity index (χ1n) is 8.48. The first-order valence-corrected chi connectivity index (χ1v) is 9.30. The van der Waals surface area contributed by atoms with Gasteiger partial charge >= 0.3 is 0 Å². The zero-order valence-electron chi connectivity index (χ0n) is 14.3. The Bertz CT molecular complexity index is 512. The van der Waals surface area contributed by atoms with E-state index in [4.69, 9.17) is 4.74 Å². The molecule has 2 rings (SSSR count). The Hall–Kier alpha value is -0.980. The van der Waals surface area contributed by atoms with Gasteiger partial charge in [0.2, 0.25) is 0 Å². The molecular weight excluding hydrogens is 312 g/mol. The van der Waals surface area contributed by atoms with Crippen LogP contribution < -0.4 is 5.32 Å². The summed E-state index contributed by atoms with van der Waals surface area (Å²) in [6.07, 6.45) is 6.51. The molecular formula is C17H28N2O3S. The number of aliphatic hydroxyl groups excluding tert-OH is 1. The van der Waals surface area contributed by atoms with Crippen molar-refractivity contribution in [2.24, 2.45) is 5.92 Å². The molecule has 2 atom stereocenters. The number of carbonyl (C=O) groups excluding carboxylic acids is 1. The summed E-state index contributed by atoms with van der Waals surface area (Å²) in [6, 6.07) is 0.0533. The molecule has 23 heavy (non-hydrogen) atoms. The van der Waals surface area contributed by atoms with E-state index >= 15 is 0 Å². The number of hydrogen-bond acceptors (Lipinski definition) is 5. The van der Waals surface area contributed by atoms with Crippen LogP contribution in [0.3, 0.4) is 0 Å². The van der Waals surface area contributed by atoms with Gasteiger partial charge in [-0.25, -0.2) is 4.98 Å². The summed E-state index contributed by atoms with van der Waals surface area (Å²) in [5, 5.41) is 13.3. The van der Waals surface area contributed by atoms with Crippen molar-refractivity contribution in [1.29, 1.82) is 0 Å². The number of carbonyl (C=O) groups is 1. The van der Waals surface area contributed by atoms with Gasteiger partial charge in [0.1, 0.15) is 16.0 Å². The van der Waals surface area contributed by atoms with E-state index in [1.54, 1.807) is 7.11 Å². The van der Waals surface area contributed by atoms with Crippen LogP contribution in [0, 0.1) is 12.8 Å². The average Bonchev–Trinajstić information content (AvgIpc) is 2.96. The average molecular weight is 340 g/mol. The first-order chi connectivity index (χ1) is 11.1. The van der Waals surface area contributed by atoms with Crippen molar-refractivity contribution >= 4 is 17.2 Å². The Labute approximate surface area is 142 Å². The van der Waals surface area contributed by atoms with E-state index in [9.17, 15) is 9.90 Å². The smallest absolute Gasteiger partial charge is 0.263 e. The molecule has 2 N–H and O–H groups in total. The van der Waals surface area contributed by atoms with Crippen LogP contribution in [0.4, 0.5) is 0 Å². The van der Waals surface area contributed by atoms with Crippen LogP contribution in [-0.2, 0) is 4.74 Å². The quantitative estimate of drug-likeness (QED) is 0.799. The number of aryl methyl sites for hydroxylation is 1. The molecule has 0 bridgehead atoms. The summed E-state index contributed by atoms with van der Waals surface area (Å²) in [5.41, 5.74) is 0.748. The van der Waals surface area contributed by atoms with Crippen molar-refractivity contribution in [3.63, 3.8) is 0 Å². The van der Waals surface area contributed by atoms with Gasteiger partial charge in [-0.3, -0.25) is 4.79 Å². The molecule has 6 heteroatoms. The third-order valence-corrected chi connectivity index (χ3v) is 6.01. The third kappa shape index (κ3) is 4.75. The molecule has 1 aromatic rings. The molecule has 0 radical (unpaired) electrons. The van der Waals surface area contributed by atoms with Gasteiger partial charge in [0, 0.05) is 19.8 Å². The number of aromatic nitrogens is 1. The highest BCUT2D eigenvalue weighted by Gasteiger charge is 2.27. The second kappa shape index (κ2) is 8.76. The number of amides is 1. The number of methoxy groups -OCH3 is 1. The number of rotatable bonds is 7. The summed E-state index contributed by atoms with van der Waals surface area (Å²) in [6.45, 7) is 3.89. The fourth-order valence-electron chi connectivity index (χ4n) is 3.24. The maximum atomic E-state index is 12.7. The Balaban J connectivity index is 2.07. The number of nitrogens with one attached hydrogen (secondary N) is 1. The van der Waals surface area contributed by atoms with Gasteiger partial charge in [-0.2, -0.15) is 0 Å². The summed E-state index contributed by atoms with van der Waals surface area (Å²) in [5.74, 6) is 0.407. The van der Waals surface area contributed by atoms with E-state index in [2.05, 4.69) is 10.3 Å². The van der Waals surface area contributed by atoms with Crippen LogP contribution in [0.25, 0.3) is 0 Å². The minimum atomic E-state index is -0.105. The molecule has 1 heterocycles. The molecule has 1 fully saturated rings. The van der Waals surface area contributed by atoms with Gasteiger partial charge in [0.15, 0.2) is 0 Å². The fraction of sp³-hybridized carbons (Fsp3) is 0.765. The van der Waals surface area contributed by atoms with Gasteiger partial charge in [0.05, 0.1) is 5.69 Å². The molecule has 0 aromatic carbocycles. The number of nitrogens with zero attached hydrogens (tertiary/aromatic N) is 1. The molecule has 0 saturated heterocycles. The van der Waals surface area contributed by atoms with E-state index in [0.717, 1.165) is 23.5 Å². The summed E-state index contributed by atoms with van der Waals surface area (Å²) in [7, 11) is 1.64. The van der Waals surface area contributed by atoms with Crippen molar-refractivity contribution in [3.05, 3.63) is 15.6 Å². The van der Waals surface area contributed by atoms with Crippen molar-refractivity contribution in [1.82, 2.24) is 10.3 Å². The molecule has 1 aliphatic carbocycles. The van der Waals surface area contributed by atoms with Crippen LogP contribution in [0.15, 0.2) is 0 Å². The summed E-state index contributed by atoms with van der Waals surface area (Å²) >= 11 is 1.40. The molecule has 2 unspecified atom stereocenters. The molecule has 1 amide bonds. The summed E-state index contributed by atoms with van der Waals surface area (Å²) in [4.78, 5) is 17.8. The molecule has 1 aromatic heterocycles. The second-order valence-corrected chi connectivity index (χ2v) is 7.37. The third-order valence-electron chi connectivity index (χ3n) is 4.70. The van der Waals surface area contributed by atoms with Crippen molar-refractivity contribution < 1.29 is 14.6 Å². The molecule has 0 aliphatic heterocycles. The lowest BCUT2D eigenvalue weighted by molar-refractivity contribution is 0.0903. The first kappa shape index (κ1) is 18.4. The fourth-order valence-corrected chi connectivity index (χ4v) is 4.24. The van der Waals surface area contributed by atoms with E-state index in [1.165, 1.54) is 30.6 Å². The Kier molecular flexibility index (Phi) is 6.99. The molecule has 130 valence electrons. The van der Waals surface area contributed by atoms with Crippen LogP contribution in [0.2, 0.25) is 0 Å². The monoisotopic (exact) mass is 340 g/mol. The second-order valence-electron chi connectivity index (χ2n) is 6.33. The molecule has 0 spiro atoms. The highest BCUT2D eigenvalue weighted by Crippen LogP contribution is 2.29. The molecule has 5 nitrogen and oxygen atoms in total. The van der Waals surface area contributed by atoms with Crippen LogP contribution in [0.5, 0.6) is 0 Å². The lowest BCUT2D eigenvalue weighted by atomic mass is 9.82. The summed E-state index contributed by atoms with van der Waals surface area (Å²) < 4.78 is 5.28. The van der Waals surface area contributed by atoms with Gasteiger partial charge < -0.3 is 15.2 Å². The lowest BCUT2D eigenvalue weighted by Crippen LogP contribution is -2.41. The van der Waals surface area contributed by atoms with Crippen LogP contribution in [0.1, 0.15) is 71.9 Å². The van der Waals surface area contributed by atoms with Gasteiger partial charge in [0.25, 0.3) is 5.91 Å². The largest absolute Gasteiger partial charge is 0.396 e. The van der Waals surface area contributed by atoms with Gasteiger partial charge in [-0.1, -0.05) is 19.3 Å². The highest BCUT2D eigenvalue weighted by molar-refractivity contribution is 7.13. The topological polar surface area (TPSA) is 71.5 Å². The van der Waals surface area contributed by atoms with Gasteiger partial charge in [-0.05, 0) is 39.0 Å². The Morgan fingerprint density at radius 2 is 2.13 bits per heavy atom. The number of ether oxygens (including phenoxy) is 1.